The number of nitrogen functional groups attached to an aromatic ring is 1. The first-order valence-corrected chi connectivity index (χ1v) is 10.6. The summed E-state index contributed by atoms with van der Waals surface area (Å²) in [6.07, 6.45) is 2.28. The zero-order valence-corrected chi connectivity index (χ0v) is 18.6. The van der Waals surface area contributed by atoms with Gasteiger partial charge in [-0.15, -0.1) is 0 Å². The zero-order chi connectivity index (χ0) is 21.7. The van der Waals surface area contributed by atoms with Crippen LogP contribution in [0.5, 0.6) is 0 Å². The Morgan fingerprint density at radius 1 is 1.33 bits per heavy atom. The largest absolute Gasteiger partial charge is 0.393 e. The number of hydrazone groups is 1. The smallest absolute Gasteiger partial charge is 0.171 e. The normalized spacial score (nSPS) is 21.2. The van der Waals surface area contributed by atoms with Crippen molar-refractivity contribution in [2.75, 3.05) is 55.5 Å². The van der Waals surface area contributed by atoms with Crippen LogP contribution in [-0.2, 0) is 10.2 Å². The van der Waals surface area contributed by atoms with Gasteiger partial charge in [0.25, 0.3) is 0 Å². The lowest BCUT2D eigenvalue weighted by Crippen LogP contribution is -2.66. The van der Waals surface area contributed by atoms with Crippen LogP contribution in [-0.4, -0.2) is 73.7 Å². The van der Waals surface area contributed by atoms with Crippen LogP contribution in [0.3, 0.4) is 0 Å². The summed E-state index contributed by atoms with van der Waals surface area (Å²) in [5.41, 5.74) is 10.2. The van der Waals surface area contributed by atoms with Gasteiger partial charge in [0.15, 0.2) is 11.6 Å². The monoisotopic (exact) mass is 417 g/mol. The second-order valence-corrected chi connectivity index (χ2v) is 10.1. The Labute approximate surface area is 178 Å². The van der Waals surface area contributed by atoms with Gasteiger partial charge in [-0.05, 0) is 19.9 Å². The zero-order valence-electron chi connectivity index (χ0n) is 18.6. The van der Waals surface area contributed by atoms with Gasteiger partial charge in [0, 0.05) is 31.3 Å². The van der Waals surface area contributed by atoms with E-state index in [1.165, 1.54) is 12.8 Å². The number of nitrogens with zero attached hydrogens (tertiary/aromatic N) is 6. The highest BCUT2D eigenvalue weighted by Crippen LogP contribution is 2.43. The van der Waals surface area contributed by atoms with E-state index in [0.717, 1.165) is 37.9 Å². The van der Waals surface area contributed by atoms with Gasteiger partial charge in [0.05, 0.1) is 25.2 Å². The van der Waals surface area contributed by atoms with Gasteiger partial charge in [0.2, 0.25) is 0 Å². The van der Waals surface area contributed by atoms with E-state index in [2.05, 4.69) is 54.9 Å². The second kappa shape index (κ2) is 7.51. The number of aromatic nitrogens is 2. The van der Waals surface area contributed by atoms with Crippen molar-refractivity contribution in [3.05, 3.63) is 5.82 Å². The van der Waals surface area contributed by atoms with Crippen molar-refractivity contribution in [2.24, 2.45) is 16.4 Å². The van der Waals surface area contributed by atoms with Gasteiger partial charge in [0.1, 0.15) is 17.7 Å². The van der Waals surface area contributed by atoms with Crippen molar-refractivity contribution in [1.29, 1.82) is 0 Å². The van der Waals surface area contributed by atoms with E-state index in [4.69, 9.17) is 26.3 Å². The van der Waals surface area contributed by atoms with E-state index in [1.54, 1.807) is 5.01 Å². The molecule has 2 saturated heterocycles. The van der Waals surface area contributed by atoms with E-state index < -0.39 is 0 Å². The minimum Gasteiger partial charge on any atom is -0.393 e. The number of hydrazine groups is 1. The summed E-state index contributed by atoms with van der Waals surface area (Å²) in [5.74, 6) is 8.55. The molecule has 1 unspecified atom stereocenters. The Morgan fingerprint density at radius 2 is 2.00 bits per heavy atom. The molecule has 1 aromatic rings. The van der Waals surface area contributed by atoms with Crippen molar-refractivity contribution in [1.82, 2.24) is 20.3 Å². The number of anilines is 3. The molecule has 10 nitrogen and oxygen atoms in total. The van der Waals surface area contributed by atoms with Crippen LogP contribution in [0.25, 0.3) is 0 Å². The molecule has 3 fully saturated rings. The summed E-state index contributed by atoms with van der Waals surface area (Å²) >= 11 is 0. The van der Waals surface area contributed by atoms with Crippen molar-refractivity contribution in [3.8, 4) is 0 Å². The molecule has 0 aromatic carbocycles. The molecule has 1 atom stereocenters. The summed E-state index contributed by atoms with van der Waals surface area (Å²) in [4.78, 5) is 14.1. The number of nitrogens with one attached hydrogen (secondary N) is 1. The highest BCUT2D eigenvalue weighted by atomic mass is 16.5. The summed E-state index contributed by atoms with van der Waals surface area (Å²) in [7, 11) is 2.07. The molecule has 1 aliphatic carbocycles. The Morgan fingerprint density at radius 3 is 2.50 bits per heavy atom. The molecule has 0 bridgehead atoms. The maximum Gasteiger partial charge on any atom is 0.171 e. The van der Waals surface area contributed by atoms with E-state index in [0.29, 0.717) is 24.1 Å². The molecule has 1 aromatic heterocycles. The average Bonchev–Trinajstić information content (AvgIpc) is 3.43. The van der Waals surface area contributed by atoms with Crippen molar-refractivity contribution in [2.45, 2.75) is 51.2 Å². The number of hydrogen-bond donors (Lipinski definition) is 3. The average molecular weight is 418 g/mol. The Balaban J connectivity index is 1.60. The lowest BCUT2D eigenvalue weighted by molar-refractivity contribution is -0.127. The maximum atomic E-state index is 6.56. The molecule has 5 N–H and O–H groups in total. The quantitative estimate of drug-likeness (QED) is 0.240. The van der Waals surface area contributed by atoms with Gasteiger partial charge in [-0.2, -0.15) is 5.10 Å². The van der Waals surface area contributed by atoms with Crippen molar-refractivity contribution in [3.63, 3.8) is 0 Å². The lowest BCUT2D eigenvalue weighted by atomic mass is 9.78. The van der Waals surface area contributed by atoms with E-state index in [1.807, 2.05) is 0 Å². The van der Waals surface area contributed by atoms with Crippen molar-refractivity contribution >= 4 is 24.0 Å². The molecule has 3 heterocycles. The number of hydrogen-bond acceptors (Lipinski definition) is 10. The highest BCUT2D eigenvalue weighted by molar-refractivity contribution is 5.77. The fourth-order valence-electron chi connectivity index (χ4n) is 4.10. The van der Waals surface area contributed by atoms with Crippen LogP contribution in [0.15, 0.2) is 5.10 Å². The third kappa shape index (κ3) is 3.91. The molecule has 3 aliphatic rings. The molecule has 1 spiro atoms. The minimum absolute atomic E-state index is 0.0877. The molecular formula is C20H35N9O. The van der Waals surface area contributed by atoms with E-state index in [9.17, 15) is 0 Å². The van der Waals surface area contributed by atoms with Gasteiger partial charge in [-0.3, -0.25) is 15.3 Å². The SMILES string of the molecule is C=NNC(CN(N)c1nc(C(C)(C)C)nc(N2CC3(COC3)C2)c1N)N(C)C1CC1. The van der Waals surface area contributed by atoms with Gasteiger partial charge < -0.3 is 15.4 Å². The number of nitrogens with two attached hydrogens (primary N) is 2. The summed E-state index contributed by atoms with van der Waals surface area (Å²) < 4.78 is 5.40. The van der Waals surface area contributed by atoms with Crippen LogP contribution in [0.1, 0.15) is 39.4 Å². The molecule has 0 radical (unpaired) electrons. The molecule has 4 rings (SSSR count). The van der Waals surface area contributed by atoms with Crippen LogP contribution < -0.4 is 26.9 Å². The summed E-state index contributed by atoms with van der Waals surface area (Å²) in [6, 6.07) is 0.545. The molecule has 10 heteroatoms. The van der Waals surface area contributed by atoms with Gasteiger partial charge in [-0.25, -0.2) is 15.8 Å². The minimum atomic E-state index is -0.231. The van der Waals surface area contributed by atoms with Crippen LogP contribution in [0.2, 0.25) is 0 Å². The van der Waals surface area contributed by atoms with Crippen LogP contribution in [0, 0.1) is 5.41 Å². The lowest BCUT2D eigenvalue weighted by Gasteiger charge is -2.55. The molecule has 0 amide bonds. The van der Waals surface area contributed by atoms with Gasteiger partial charge in [-0.1, -0.05) is 20.8 Å². The first-order valence-electron chi connectivity index (χ1n) is 10.6. The topological polar surface area (TPSA) is 121 Å². The number of ether oxygens (including phenoxy) is 1. The van der Waals surface area contributed by atoms with Crippen LogP contribution >= 0.6 is 0 Å². The molecule has 2 aliphatic heterocycles. The first kappa shape index (κ1) is 21.1. The molecule has 166 valence electrons. The predicted octanol–water partition coefficient (Wildman–Crippen LogP) is 0.499. The third-order valence-corrected chi connectivity index (χ3v) is 6.24. The van der Waals surface area contributed by atoms with E-state index in [-0.39, 0.29) is 17.0 Å². The number of likely N-dealkylation sites (N-methyl/N-ethyl adjacent to an activating group) is 1. The maximum absolute atomic E-state index is 6.56. The fourth-order valence-corrected chi connectivity index (χ4v) is 4.10. The third-order valence-electron chi connectivity index (χ3n) is 6.24. The highest BCUT2D eigenvalue weighted by Gasteiger charge is 2.50. The Hall–Kier alpha value is -2.17. The Bertz CT molecular complexity index is 792. The van der Waals surface area contributed by atoms with E-state index >= 15 is 0 Å². The van der Waals surface area contributed by atoms with Crippen molar-refractivity contribution < 1.29 is 4.74 Å². The Kier molecular flexibility index (Phi) is 5.27. The summed E-state index contributed by atoms with van der Waals surface area (Å²) in [5, 5.41) is 5.50. The first-order chi connectivity index (χ1) is 14.1. The molecular weight excluding hydrogens is 382 g/mol. The van der Waals surface area contributed by atoms with Gasteiger partial charge >= 0.3 is 0 Å². The predicted molar refractivity (Wildman–Crippen MR) is 119 cm³/mol. The number of rotatable bonds is 8. The fraction of sp³-hybridized carbons (Fsp3) is 0.750. The summed E-state index contributed by atoms with van der Waals surface area (Å²) in [6.45, 7) is 13.7. The standard InChI is InChI=1S/C20H35N9O/c1-19(2,3)18-24-16(28-9-20(10-28)11-30-12-20)15(21)17(25-18)29(22)8-14(26-23-4)27(5)13-6-7-13/h13-14,26H,4,6-12,21-22H2,1-3,5H3. The molecule has 1 saturated carbocycles. The molecule has 30 heavy (non-hydrogen) atoms. The van der Waals surface area contributed by atoms with Crippen LogP contribution in [0.4, 0.5) is 17.3 Å². The second-order valence-electron chi connectivity index (χ2n) is 10.1.